The van der Waals surface area contributed by atoms with Gasteiger partial charge in [0, 0.05) is 18.6 Å². The van der Waals surface area contributed by atoms with Gasteiger partial charge in [-0.3, -0.25) is 0 Å². The number of nitrogens with one attached hydrogen (secondary N) is 1. The molecule has 1 aromatic rings. The maximum atomic E-state index is 8.82. The highest BCUT2D eigenvalue weighted by atomic mass is 15.1. The number of rotatable bonds is 7. The second-order valence-corrected chi connectivity index (χ2v) is 5.99. The average molecular weight is 285 g/mol. The van der Waals surface area contributed by atoms with Crippen molar-refractivity contribution < 1.29 is 0 Å². The molecule has 0 amide bonds. The van der Waals surface area contributed by atoms with Crippen LogP contribution in [-0.2, 0) is 6.42 Å². The van der Waals surface area contributed by atoms with Gasteiger partial charge in [-0.2, -0.15) is 5.26 Å². The fourth-order valence-corrected chi connectivity index (χ4v) is 3.02. The molecule has 3 heteroatoms. The first-order valence-corrected chi connectivity index (χ1v) is 8.21. The van der Waals surface area contributed by atoms with Crippen molar-refractivity contribution in [1.29, 1.82) is 5.26 Å². The zero-order valence-corrected chi connectivity index (χ0v) is 13.1. The molecular weight excluding hydrogens is 258 g/mol. The van der Waals surface area contributed by atoms with Crippen LogP contribution in [0, 0.1) is 11.3 Å². The van der Waals surface area contributed by atoms with Gasteiger partial charge in [-0.1, -0.05) is 37.3 Å². The molecule has 1 fully saturated rings. The Balaban J connectivity index is 1.67. The molecule has 1 unspecified atom stereocenters. The van der Waals surface area contributed by atoms with Crippen molar-refractivity contribution in [2.45, 2.75) is 51.1 Å². The maximum Gasteiger partial charge on any atom is 0.0638 e. The van der Waals surface area contributed by atoms with E-state index in [4.69, 9.17) is 5.26 Å². The van der Waals surface area contributed by atoms with Gasteiger partial charge in [0.25, 0.3) is 0 Å². The van der Waals surface area contributed by atoms with E-state index in [1.165, 1.54) is 31.5 Å². The minimum Gasteiger partial charge on any atom is -0.310 e. The van der Waals surface area contributed by atoms with Crippen molar-refractivity contribution >= 4 is 0 Å². The van der Waals surface area contributed by atoms with Crippen molar-refractivity contribution in [2.75, 3.05) is 19.6 Å². The molecule has 0 spiro atoms. The third-order valence-corrected chi connectivity index (χ3v) is 4.45. The van der Waals surface area contributed by atoms with E-state index in [-0.39, 0.29) is 0 Å². The maximum absolute atomic E-state index is 8.82. The molecule has 0 aromatic heterocycles. The summed E-state index contributed by atoms with van der Waals surface area (Å²) in [5, 5.41) is 12.5. The van der Waals surface area contributed by atoms with Crippen molar-refractivity contribution in [2.24, 2.45) is 0 Å². The molecule has 1 aromatic carbocycles. The second kappa shape index (κ2) is 8.81. The van der Waals surface area contributed by atoms with E-state index in [0.29, 0.717) is 18.5 Å². The molecule has 3 nitrogen and oxygen atoms in total. The summed E-state index contributed by atoms with van der Waals surface area (Å²) >= 11 is 0. The molecule has 1 heterocycles. The summed E-state index contributed by atoms with van der Waals surface area (Å²) in [7, 11) is 0. The van der Waals surface area contributed by atoms with Gasteiger partial charge in [0.15, 0.2) is 0 Å². The van der Waals surface area contributed by atoms with Crippen LogP contribution >= 0.6 is 0 Å². The molecular formula is C18H27N3. The van der Waals surface area contributed by atoms with Gasteiger partial charge in [-0.25, -0.2) is 0 Å². The Morgan fingerprint density at radius 2 is 2.00 bits per heavy atom. The van der Waals surface area contributed by atoms with E-state index in [1.807, 2.05) is 0 Å². The number of likely N-dealkylation sites (tertiary alicyclic amines) is 1. The summed E-state index contributed by atoms with van der Waals surface area (Å²) in [6.07, 6.45) is 5.23. The predicted molar refractivity (Wildman–Crippen MR) is 87.1 cm³/mol. The van der Waals surface area contributed by atoms with Crippen LogP contribution < -0.4 is 5.32 Å². The molecule has 1 saturated heterocycles. The fraction of sp³-hybridized carbons (Fsp3) is 0.611. The van der Waals surface area contributed by atoms with Gasteiger partial charge in [-0.05, 0) is 44.3 Å². The Hall–Kier alpha value is -1.37. The number of nitriles is 1. The highest BCUT2D eigenvalue weighted by molar-refractivity contribution is 5.14. The quantitative estimate of drug-likeness (QED) is 0.837. The van der Waals surface area contributed by atoms with Crippen LogP contribution in [0.2, 0.25) is 0 Å². The minimum atomic E-state index is 0.371. The van der Waals surface area contributed by atoms with Crippen molar-refractivity contribution in [3.05, 3.63) is 35.9 Å². The van der Waals surface area contributed by atoms with Crippen LogP contribution in [0.4, 0.5) is 0 Å². The Kier molecular flexibility index (Phi) is 6.72. The van der Waals surface area contributed by atoms with Crippen molar-refractivity contribution in [3.8, 4) is 6.07 Å². The summed E-state index contributed by atoms with van der Waals surface area (Å²) in [5.74, 6) is 0. The largest absolute Gasteiger partial charge is 0.310 e. The molecule has 21 heavy (non-hydrogen) atoms. The van der Waals surface area contributed by atoms with Crippen molar-refractivity contribution in [3.63, 3.8) is 0 Å². The molecule has 1 aliphatic heterocycles. The van der Waals surface area contributed by atoms with E-state index in [2.05, 4.69) is 53.5 Å². The smallest absolute Gasteiger partial charge is 0.0638 e. The number of hydrogen-bond acceptors (Lipinski definition) is 3. The molecule has 2 rings (SSSR count). The first-order valence-electron chi connectivity index (χ1n) is 8.21. The zero-order valence-electron chi connectivity index (χ0n) is 13.1. The molecule has 1 aliphatic rings. The minimum absolute atomic E-state index is 0.371. The third-order valence-electron chi connectivity index (χ3n) is 4.45. The number of benzene rings is 1. The summed E-state index contributed by atoms with van der Waals surface area (Å²) < 4.78 is 0. The average Bonchev–Trinajstić information content (AvgIpc) is 2.54. The molecule has 0 saturated carbocycles. The Morgan fingerprint density at radius 3 is 2.62 bits per heavy atom. The molecule has 114 valence electrons. The van der Waals surface area contributed by atoms with Crippen LogP contribution in [0.15, 0.2) is 30.3 Å². The SMILES string of the molecule is CCC(CC#N)NC1CCN(CCc2ccccc2)CC1. The van der Waals surface area contributed by atoms with Crippen LogP contribution in [-0.4, -0.2) is 36.6 Å². The normalized spacial score (nSPS) is 18.3. The fourth-order valence-electron chi connectivity index (χ4n) is 3.02. The van der Waals surface area contributed by atoms with Gasteiger partial charge >= 0.3 is 0 Å². The Labute approximate surface area is 129 Å². The second-order valence-electron chi connectivity index (χ2n) is 5.99. The standard InChI is InChI=1S/C18H27N3/c1-2-17(8-12-19)20-18-10-14-21(15-11-18)13-9-16-6-4-3-5-7-16/h3-7,17-18,20H,2,8-11,13-15H2,1H3. The summed E-state index contributed by atoms with van der Waals surface area (Å²) in [6.45, 7) is 5.66. The monoisotopic (exact) mass is 285 g/mol. The molecule has 0 bridgehead atoms. The van der Waals surface area contributed by atoms with Crippen LogP contribution in [0.3, 0.4) is 0 Å². The first-order chi connectivity index (χ1) is 10.3. The third kappa shape index (κ3) is 5.49. The first kappa shape index (κ1) is 16.0. The lowest BCUT2D eigenvalue weighted by Crippen LogP contribution is -2.46. The van der Waals surface area contributed by atoms with E-state index in [1.54, 1.807) is 0 Å². The number of piperidine rings is 1. The van der Waals surface area contributed by atoms with E-state index in [9.17, 15) is 0 Å². The Bertz CT molecular complexity index is 430. The van der Waals surface area contributed by atoms with E-state index < -0.39 is 0 Å². The molecule has 0 radical (unpaired) electrons. The lowest BCUT2D eigenvalue weighted by molar-refractivity contribution is 0.192. The van der Waals surface area contributed by atoms with Gasteiger partial charge in [0.05, 0.1) is 12.5 Å². The van der Waals surface area contributed by atoms with Crippen LogP contribution in [0.25, 0.3) is 0 Å². The summed E-state index contributed by atoms with van der Waals surface area (Å²) in [4.78, 5) is 2.57. The Morgan fingerprint density at radius 1 is 1.29 bits per heavy atom. The lowest BCUT2D eigenvalue weighted by atomic mass is 10.0. The molecule has 1 atom stereocenters. The lowest BCUT2D eigenvalue weighted by Gasteiger charge is -2.34. The van der Waals surface area contributed by atoms with Gasteiger partial charge in [0.2, 0.25) is 0 Å². The van der Waals surface area contributed by atoms with Gasteiger partial charge < -0.3 is 10.2 Å². The van der Waals surface area contributed by atoms with Gasteiger partial charge in [-0.15, -0.1) is 0 Å². The highest BCUT2D eigenvalue weighted by Crippen LogP contribution is 2.13. The highest BCUT2D eigenvalue weighted by Gasteiger charge is 2.20. The van der Waals surface area contributed by atoms with E-state index >= 15 is 0 Å². The molecule has 0 aliphatic carbocycles. The van der Waals surface area contributed by atoms with E-state index in [0.717, 1.165) is 19.4 Å². The number of nitrogens with zero attached hydrogens (tertiary/aromatic N) is 2. The van der Waals surface area contributed by atoms with Crippen molar-refractivity contribution in [1.82, 2.24) is 10.2 Å². The van der Waals surface area contributed by atoms with Crippen LogP contribution in [0.1, 0.15) is 38.2 Å². The predicted octanol–water partition coefficient (Wildman–Crippen LogP) is 2.98. The summed E-state index contributed by atoms with van der Waals surface area (Å²) in [5.41, 5.74) is 1.43. The summed E-state index contributed by atoms with van der Waals surface area (Å²) in [6, 6.07) is 14.0. The van der Waals surface area contributed by atoms with Gasteiger partial charge in [0.1, 0.15) is 0 Å². The zero-order chi connectivity index (χ0) is 14.9. The number of hydrogen-bond donors (Lipinski definition) is 1. The topological polar surface area (TPSA) is 39.1 Å². The molecule has 1 N–H and O–H groups in total. The van der Waals surface area contributed by atoms with Crippen LogP contribution in [0.5, 0.6) is 0 Å².